The van der Waals surface area contributed by atoms with Crippen LogP contribution in [0.3, 0.4) is 0 Å². The molecule has 0 saturated carbocycles. The summed E-state index contributed by atoms with van der Waals surface area (Å²) in [4.78, 5) is 0.532. The third kappa shape index (κ3) is 10.2. The Bertz CT molecular complexity index is 237. The maximum atomic E-state index is 3.53. The molecule has 0 heterocycles. The minimum absolute atomic E-state index is 0.532. The highest BCUT2D eigenvalue weighted by atomic mass is 79.9. The van der Waals surface area contributed by atoms with E-state index >= 15 is 0 Å². The molecule has 0 rings (SSSR count). The Morgan fingerprint density at radius 3 is 2.36 bits per heavy atom. The summed E-state index contributed by atoms with van der Waals surface area (Å²) < 4.78 is 0. The molecule has 1 unspecified atom stereocenters. The summed E-state index contributed by atoms with van der Waals surface area (Å²) in [6, 6.07) is 0. The van der Waals surface area contributed by atoms with Crippen molar-refractivity contribution in [2.75, 3.05) is 5.33 Å². The number of halogens is 2. The van der Waals surface area contributed by atoms with E-state index in [1.165, 1.54) is 12.8 Å². The molecule has 0 aliphatic rings. The van der Waals surface area contributed by atoms with Crippen molar-refractivity contribution in [1.29, 1.82) is 0 Å². The van der Waals surface area contributed by atoms with Crippen molar-refractivity contribution in [2.24, 2.45) is 0 Å². The monoisotopic (exact) mass is 318 g/mol. The normalized spacial score (nSPS) is 10.8. The van der Waals surface area contributed by atoms with Gasteiger partial charge in [-0.05, 0) is 24.7 Å². The molecule has 78 valence electrons. The fourth-order valence-corrected chi connectivity index (χ4v) is 1.34. The third-order valence-corrected chi connectivity index (χ3v) is 4.08. The van der Waals surface area contributed by atoms with E-state index in [2.05, 4.69) is 62.5 Å². The molecule has 0 bridgehead atoms. The molecule has 0 radical (unpaired) electrons. The van der Waals surface area contributed by atoms with E-state index in [-0.39, 0.29) is 0 Å². The van der Waals surface area contributed by atoms with Gasteiger partial charge in [-0.1, -0.05) is 57.0 Å². The summed E-state index contributed by atoms with van der Waals surface area (Å²) in [5.41, 5.74) is 0. The van der Waals surface area contributed by atoms with Crippen LogP contribution in [-0.4, -0.2) is 10.2 Å². The first-order valence-electron chi connectivity index (χ1n) is 4.97. The molecule has 0 aliphatic carbocycles. The lowest BCUT2D eigenvalue weighted by Gasteiger charge is -1.99. The van der Waals surface area contributed by atoms with Gasteiger partial charge in [0, 0.05) is 23.0 Å². The van der Waals surface area contributed by atoms with Gasteiger partial charge < -0.3 is 0 Å². The Hall–Kier alpha value is 0.0800. The average molecular weight is 320 g/mol. The zero-order chi connectivity index (χ0) is 10.6. The number of unbranched alkanes of at least 4 members (excludes halogenated alkanes) is 2. The van der Waals surface area contributed by atoms with Crippen LogP contribution in [0.25, 0.3) is 0 Å². The van der Waals surface area contributed by atoms with Gasteiger partial charge in [-0.25, -0.2) is 0 Å². The maximum absolute atomic E-state index is 3.53. The molecule has 0 fully saturated rings. The Balaban J connectivity index is 3.46. The van der Waals surface area contributed by atoms with E-state index in [1.54, 1.807) is 0 Å². The van der Waals surface area contributed by atoms with Crippen LogP contribution in [-0.2, 0) is 0 Å². The SMILES string of the molecule is CCCCC#CC#CCCC(Br)CBr. The summed E-state index contributed by atoms with van der Waals surface area (Å²) in [6.07, 6.45) is 5.37. The van der Waals surface area contributed by atoms with E-state index in [9.17, 15) is 0 Å². The second-order valence-corrected chi connectivity index (χ2v) is 4.94. The summed E-state index contributed by atoms with van der Waals surface area (Å²) in [6.45, 7) is 2.17. The highest BCUT2D eigenvalue weighted by molar-refractivity contribution is 9.12. The van der Waals surface area contributed by atoms with E-state index in [0.29, 0.717) is 4.83 Å². The summed E-state index contributed by atoms with van der Waals surface area (Å²) in [5, 5.41) is 0.983. The first-order valence-corrected chi connectivity index (χ1v) is 7.00. The molecule has 0 spiro atoms. The standard InChI is InChI=1S/C12H16Br2/c1-2-3-4-5-6-7-8-9-10-12(14)11-13/h12H,2-4,9-11H2,1H3. The van der Waals surface area contributed by atoms with Gasteiger partial charge in [-0.3, -0.25) is 0 Å². The molecular weight excluding hydrogens is 304 g/mol. The second-order valence-electron chi connectivity index (χ2n) is 3.00. The first-order chi connectivity index (χ1) is 6.81. The molecule has 1 atom stereocenters. The smallest absolute Gasteiger partial charge is 0.0251 e. The van der Waals surface area contributed by atoms with Crippen LogP contribution in [0.5, 0.6) is 0 Å². The zero-order valence-corrected chi connectivity index (χ0v) is 11.7. The van der Waals surface area contributed by atoms with Gasteiger partial charge in [-0.15, -0.1) is 0 Å². The van der Waals surface area contributed by atoms with Crippen LogP contribution >= 0.6 is 31.9 Å². The largest absolute Gasteiger partial charge is 0.0916 e. The molecule has 2 heteroatoms. The first kappa shape index (κ1) is 14.1. The van der Waals surface area contributed by atoms with E-state index in [4.69, 9.17) is 0 Å². The van der Waals surface area contributed by atoms with Crippen LogP contribution in [0, 0.1) is 23.7 Å². The lowest BCUT2D eigenvalue weighted by molar-refractivity contribution is 0.828. The summed E-state index contributed by atoms with van der Waals surface area (Å²) in [7, 11) is 0. The van der Waals surface area contributed by atoms with Gasteiger partial charge in [0.25, 0.3) is 0 Å². The van der Waals surface area contributed by atoms with E-state index < -0.39 is 0 Å². The second kappa shape index (κ2) is 11.2. The van der Waals surface area contributed by atoms with Crippen molar-refractivity contribution < 1.29 is 0 Å². The molecule has 0 N–H and O–H groups in total. The highest BCUT2D eigenvalue weighted by Gasteiger charge is 1.97. The predicted molar refractivity (Wildman–Crippen MR) is 70.8 cm³/mol. The predicted octanol–water partition coefficient (Wildman–Crippen LogP) is 4.12. The fraction of sp³-hybridized carbons (Fsp3) is 0.667. The van der Waals surface area contributed by atoms with Crippen molar-refractivity contribution in [3.05, 3.63) is 0 Å². The van der Waals surface area contributed by atoms with Gasteiger partial charge in [0.2, 0.25) is 0 Å². The zero-order valence-electron chi connectivity index (χ0n) is 8.58. The average Bonchev–Trinajstić information content (AvgIpc) is 2.21. The Morgan fingerprint density at radius 2 is 1.79 bits per heavy atom. The fourth-order valence-electron chi connectivity index (χ4n) is 0.784. The molecule has 0 aromatic rings. The molecule has 0 saturated heterocycles. The van der Waals surface area contributed by atoms with Crippen LogP contribution in [0.15, 0.2) is 0 Å². The third-order valence-electron chi connectivity index (χ3n) is 1.64. The Morgan fingerprint density at radius 1 is 1.14 bits per heavy atom. The molecule has 14 heavy (non-hydrogen) atoms. The van der Waals surface area contributed by atoms with Gasteiger partial charge in [-0.2, -0.15) is 0 Å². The minimum Gasteiger partial charge on any atom is -0.0916 e. The molecule has 0 aliphatic heterocycles. The Labute approximate surface area is 104 Å². The molecular formula is C12H16Br2. The van der Waals surface area contributed by atoms with Crippen molar-refractivity contribution >= 4 is 31.9 Å². The van der Waals surface area contributed by atoms with Gasteiger partial charge in [0.1, 0.15) is 0 Å². The lowest BCUT2D eigenvalue weighted by atomic mass is 10.2. The molecule has 0 aromatic heterocycles. The van der Waals surface area contributed by atoms with Crippen LogP contribution in [0.2, 0.25) is 0 Å². The summed E-state index contributed by atoms with van der Waals surface area (Å²) >= 11 is 6.93. The van der Waals surface area contributed by atoms with Crippen molar-refractivity contribution in [1.82, 2.24) is 0 Å². The molecule has 0 aromatic carbocycles. The maximum Gasteiger partial charge on any atom is 0.0251 e. The van der Waals surface area contributed by atoms with E-state index in [0.717, 1.165) is 24.6 Å². The van der Waals surface area contributed by atoms with Crippen LogP contribution < -0.4 is 0 Å². The van der Waals surface area contributed by atoms with Gasteiger partial charge in [0.05, 0.1) is 0 Å². The van der Waals surface area contributed by atoms with E-state index in [1.807, 2.05) is 0 Å². The van der Waals surface area contributed by atoms with Crippen molar-refractivity contribution in [3.8, 4) is 23.7 Å². The highest BCUT2D eigenvalue weighted by Crippen LogP contribution is 2.09. The number of alkyl halides is 2. The topological polar surface area (TPSA) is 0 Å². The molecule has 0 amide bonds. The number of hydrogen-bond donors (Lipinski definition) is 0. The number of hydrogen-bond acceptors (Lipinski definition) is 0. The number of rotatable bonds is 5. The van der Waals surface area contributed by atoms with Crippen LogP contribution in [0.4, 0.5) is 0 Å². The van der Waals surface area contributed by atoms with Crippen molar-refractivity contribution in [2.45, 2.75) is 43.9 Å². The summed E-state index contributed by atoms with van der Waals surface area (Å²) in [5.74, 6) is 11.8. The lowest BCUT2D eigenvalue weighted by Crippen LogP contribution is -1.96. The van der Waals surface area contributed by atoms with Gasteiger partial charge >= 0.3 is 0 Å². The van der Waals surface area contributed by atoms with Crippen LogP contribution in [0.1, 0.15) is 39.0 Å². The molecule has 0 nitrogen and oxygen atoms in total. The van der Waals surface area contributed by atoms with Gasteiger partial charge in [0.15, 0.2) is 0 Å². The minimum atomic E-state index is 0.532. The quantitative estimate of drug-likeness (QED) is 0.406. The van der Waals surface area contributed by atoms with Crippen molar-refractivity contribution in [3.63, 3.8) is 0 Å². The Kier molecular flexibility index (Phi) is 11.2.